The lowest BCUT2D eigenvalue weighted by Crippen LogP contribution is -2.57. The van der Waals surface area contributed by atoms with Gasteiger partial charge in [0.2, 0.25) is 5.91 Å². The maximum Gasteiger partial charge on any atom is 0.221 e. The number of aliphatic hydroxyl groups is 3. The Kier molecular flexibility index (Phi) is 9.39. The van der Waals surface area contributed by atoms with Gasteiger partial charge in [-0.05, 0) is 13.0 Å². The van der Waals surface area contributed by atoms with Gasteiger partial charge in [0.1, 0.15) is 5.54 Å². The highest BCUT2D eigenvalue weighted by Gasteiger charge is 2.29. The van der Waals surface area contributed by atoms with E-state index in [4.69, 9.17) is 15.3 Å². The van der Waals surface area contributed by atoms with Crippen LogP contribution in [0.5, 0.6) is 0 Å². The first kappa shape index (κ1) is 17.7. The van der Waals surface area contributed by atoms with Crippen LogP contribution >= 0.6 is 12.6 Å². The maximum absolute atomic E-state index is 11.5. The molecule has 7 heteroatoms. The molecule has 1 atom stereocenters. The minimum atomic E-state index is -1.34. The number of hydrogen-bond acceptors (Lipinski definition) is 6. The number of amides is 1. The van der Waals surface area contributed by atoms with Crippen molar-refractivity contribution in [2.45, 2.75) is 30.6 Å². The van der Waals surface area contributed by atoms with Crippen LogP contribution in [0.1, 0.15) is 19.8 Å². The van der Waals surface area contributed by atoms with Crippen LogP contribution in [-0.2, 0) is 4.79 Å². The van der Waals surface area contributed by atoms with E-state index in [0.29, 0.717) is 11.8 Å². The molecule has 0 aliphatic carbocycles. The highest BCUT2D eigenvalue weighted by Crippen LogP contribution is 2.02. The Morgan fingerprint density at radius 3 is 2.22 bits per heavy atom. The van der Waals surface area contributed by atoms with Crippen molar-refractivity contribution in [3.05, 3.63) is 0 Å². The fraction of sp³-hybridized carbons (Fsp3) is 0.909. The van der Waals surface area contributed by atoms with Crippen molar-refractivity contribution < 1.29 is 20.1 Å². The first-order chi connectivity index (χ1) is 8.49. The Balaban J connectivity index is 3.82. The highest BCUT2D eigenvalue weighted by atomic mass is 32.1. The molecule has 0 aromatic rings. The molecule has 0 aromatic heterocycles. The van der Waals surface area contributed by atoms with Crippen molar-refractivity contribution in [2.75, 3.05) is 32.9 Å². The summed E-state index contributed by atoms with van der Waals surface area (Å²) in [5.74, 6) is -0.321. The van der Waals surface area contributed by atoms with Crippen molar-refractivity contribution in [1.82, 2.24) is 10.6 Å². The van der Waals surface area contributed by atoms with E-state index in [1.165, 1.54) is 0 Å². The van der Waals surface area contributed by atoms with Crippen LogP contribution in [0.4, 0.5) is 0 Å². The van der Waals surface area contributed by atoms with E-state index < -0.39 is 25.4 Å². The Labute approximate surface area is 113 Å². The molecule has 0 rings (SSSR count). The quantitative estimate of drug-likeness (QED) is 0.216. The summed E-state index contributed by atoms with van der Waals surface area (Å²) in [5.41, 5.74) is -1.34. The number of nitrogens with one attached hydrogen (secondary N) is 2. The van der Waals surface area contributed by atoms with E-state index in [1.54, 1.807) is 0 Å². The summed E-state index contributed by atoms with van der Waals surface area (Å²) in [5, 5.41) is 33.0. The van der Waals surface area contributed by atoms with Crippen molar-refractivity contribution in [3.8, 4) is 0 Å². The van der Waals surface area contributed by atoms with E-state index in [0.717, 1.165) is 13.0 Å². The molecule has 0 saturated heterocycles. The van der Waals surface area contributed by atoms with Gasteiger partial charge in [-0.2, -0.15) is 12.6 Å². The molecule has 6 nitrogen and oxygen atoms in total. The van der Waals surface area contributed by atoms with E-state index in [1.807, 2.05) is 6.92 Å². The average Bonchev–Trinajstić information content (AvgIpc) is 2.35. The van der Waals surface area contributed by atoms with Crippen LogP contribution in [0.15, 0.2) is 0 Å². The SMILES string of the molecule is CC(S)CCNCCC(=O)NC(CO)(CO)CO. The van der Waals surface area contributed by atoms with Crippen molar-refractivity contribution >= 4 is 18.5 Å². The normalized spacial score (nSPS) is 13.4. The summed E-state index contributed by atoms with van der Waals surface area (Å²) in [6.07, 6.45) is 1.14. The molecule has 0 aliphatic rings. The van der Waals surface area contributed by atoms with Gasteiger partial charge in [-0.3, -0.25) is 4.79 Å². The second-order valence-corrected chi connectivity index (χ2v) is 5.32. The Hall–Kier alpha value is -0.340. The predicted molar refractivity (Wildman–Crippen MR) is 72.7 cm³/mol. The standard InChI is InChI=1S/C11H24N2O4S/c1-9(18)2-4-12-5-3-10(17)13-11(6-14,7-15)8-16/h9,12,14-16,18H,2-8H2,1H3,(H,13,17). The lowest BCUT2D eigenvalue weighted by Gasteiger charge is -2.28. The van der Waals surface area contributed by atoms with Gasteiger partial charge >= 0.3 is 0 Å². The van der Waals surface area contributed by atoms with Crippen LogP contribution in [0.25, 0.3) is 0 Å². The summed E-state index contributed by atoms with van der Waals surface area (Å²) in [6.45, 7) is 1.77. The molecule has 0 saturated carbocycles. The van der Waals surface area contributed by atoms with Crippen molar-refractivity contribution in [1.29, 1.82) is 0 Å². The zero-order valence-electron chi connectivity index (χ0n) is 10.7. The first-order valence-corrected chi connectivity index (χ1v) is 6.53. The summed E-state index contributed by atoms with van der Waals surface area (Å²) in [6, 6.07) is 0. The molecule has 18 heavy (non-hydrogen) atoms. The molecule has 0 spiro atoms. The summed E-state index contributed by atoms with van der Waals surface area (Å²) >= 11 is 4.23. The van der Waals surface area contributed by atoms with E-state index in [-0.39, 0.29) is 12.3 Å². The molecule has 0 aliphatic heterocycles. The molecule has 0 bridgehead atoms. The fourth-order valence-electron chi connectivity index (χ4n) is 1.26. The van der Waals surface area contributed by atoms with Crippen molar-refractivity contribution in [2.24, 2.45) is 0 Å². The monoisotopic (exact) mass is 280 g/mol. The molecule has 0 radical (unpaired) electrons. The van der Waals surface area contributed by atoms with Crippen LogP contribution in [-0.4, -0.2) is 64.9 Å². The lowest BCUT2D eigenvalue weighted by molar-refractivity contribution is -0.125. The summed E-state index contributed by atoms with van der Waals surface area (Å²) < 4.78 is 0. The number of hydrogen-bond donors (Lipinski definition) is 6. The number of carbonyl (C=O) groups is 1. The van der Waals surface area contributed by atoms with Crippen molar-refractivity contribution in [3.63, 3.8) is 0 Å². The number of thiol groups is 1. The Morgan fingerprint density at radius 1 is 1.22 bits per heavy atom. The number of aliphatic hydroxyl groups excluding tert-OH is 3. The van der Waals surface area contributed by atoms with E-state index >= 15 is 0 Å². The largest absolute Gasteiger partial charge is 0.394 e. The summed E-state index contributed by atoms with van der Waals surface area (Å²) in [7, 11) is 0. The number of carbonyl (C=O) groups excluding carboxylic acids is 1. The Morgan fingerprint density at radius 2 is 1.78 bits per heavy atom. The molecule has 1 amide bonds. The molecular formula is C11H24N2O4S. The van der Waals surface area contributed by atoms with Gasteiger partial charge in [0.25, 0.3) is 0 Å². The topological polar surface area (TPSA) is 102 Å². The van der Waals surface area contributed by atoms with E-state index in [9.17, 15) is 4.79 Å². The third-order valence-electron chi connectivity index (χ3n) is 2.58. The van der Waals surface area contributed by atoms with Crippen LogP contribution in [0.2, 0.25) is 0 Å². The smallest absolute Gasteiger partial charge is 0.221 e. The van der Waals surface area contributed by atoms with Gasteiger partial charge in [-0.15, -0.1) is 0 Å². The first-order valence-electron chi connectivity index (χ1n) is 6.02. The minimum Gasteiger partial charge on any atom is -0.394 e. The molecule has 5 N–H and O–H groups in total. The average molecular weight is 280 g/mol. The molecule has 0 heterocycles. The second-order valence-electron chi connectivity index (χ2n) is 4.44. The van der Waals surface area contributed by atoms with Crippen LogP contribution < -0.4 is 10.6 Å². The Bertz CT molecular complexity index is 227. The van der Waals surface area contributed by atoms with Gasteiger partial charge in [0, 0.05) is 18.2 Å². The van der Waals surface area contributed by atoms with Gasteiger partial charge in [-0.1, -0.05) is 6.92 Å². The summed E-state index contributed by atoms with van der Waals surface area (Å²) in [4.78, 5) is 11.5. The minimum absolute atomic E-state index is 0.225. The number of rotatable bonds is 10. The van der Waals surface area contributed by atoms with Gasteiger partial charge in [0.15, 0.2) is 0 Å². The van der Waals surface area contributed by atoms with Crippen LogP contribution in [0, 0.1) is 0 Å². The lowest BCUT2D eigenvalue weighted by atomic mass is 10.0. The van der Waals surface area contributed by atoms with Crippen LogP contribution in [0.3, 0.4) is 0 Å². The molecule has 1 unspecified atom stereocenters. The van der Waals surface area contributed by atoms with Gasteiger partial charge in [-0.25, -0.2) is 0 Å². The highest BCUT2D eigenvalue weighted by molar-refractivity contribution is 7.80. The fourth-order valence-corrected chi connectivity index (χ4v) is 1.39. The third-order valence-corrected chi connectivity index (χ3v) is 2.84. The van der Waals surface area contributed by atoms with E-state index in [2.05, 4.69) is 23.3 Å². The predicted octanol–water partition coefficient (Wildman–Crippen LogP) is -1.49. The molecule has 0 fully saturated rings. The maximum atomic E-state index is 11.5. The molecule has 0 aromatic carbocycles. The second kappa shape index (κ2) is 9.57. The third kappa shape index (κ3) is 7.17. The molecule has 108 valence electrons. The van der Waals surface area contributed by atoms with Gasteiger partial charge in [0.05, 0.1) is 19.8 Å². The zero-order valence-corrected chi connectivity index (χ0v) is 11.6. The zero-order chi connectivity index (χ0) is 14.0. The molecular weight excluding hydrogens is 256 g/mol. The van der Waals surface area contributed by atoms with Gasteiger partial charge < -0.3 is 26.0 Å².